The van der Waals surface area contributed by atoms with Crippen LogP contribution in [0.2, 0.25) is 0 Å². The van der Waals surface area contributed by atoms with Gasteiger partial charge in [-0.1, -0.05) is 4.49 Å². The van der Waals surface area contributed by atoms with Crippen LogP contribution >= 0.6 is 11.5 Å². The lowest BCUT2D eigenvalue weighted by atomic mass is 10.1. The summed E-state index contributed by atoms with van der Waals surface area (Å²) in [5.41, 5.74) is 0.686. The zero-order valence-corrected chi connectivity index (χ0v) is 15.0. The Bertz CT molecular complexity index is 870. The van der Waals surface area contributed by atoms with Gasteiger partial charge in [0.25, 0.3) is 5.91 Å². The molecule has 1 aliphatic rings. The molecule has 0 N–H and O–H groups in total. The summed E-state index contributed by atoms with van der Waals surface area (Å²) in [6, 6.07) is 5.42. The van der Waals surface area contributed by atoms with Crippen molar-refractivity contribution in [3.63, 3.8) is 0 Å². The molecule has 0 aromatic carbocycles. The maximum atomic E-state index is 12.5. The Morgan fingerprint density at radius 2 is 2.08 bits per heavy atom. The van der Waals surface area contributed by atoms with Crippen molar-refractivity contribution in [3.05, 3.63) is 41.2 Å². The van der Waals surface area contributed by atoms with Gasteiger partial charge in [0.15, 0.2) is 5.82 Å². The molecular formula is C16H17N7O2S. The first-order valence-corrected chi connectivity index (χ1v) is 9.06. The van der Waals surface area contributed by atoms with Gasteiger partial charge in [0.1, 0.15) is 11.0 Å². The van der Waals surface area contributed by atoms with Gasteiger partial charge in [0.05, 0.1) is 5.69 Å². The van der Waals surface area contributed by atoms with E-state index >= 15 is 0 Å². The number of aromatic nitrogens is 6. The van der Waals surface area contributed by atoms with E-state index in [4.69, 9.17) is 4.74 Å². The van der Waals surface area contributed by atoms with Crippen molar-refractivity contribution in [1.29, 1.82) is 0 Å². The predicted molar refractivity (Wildman–Crippen MR) is 93.4 cm³/mol. The Kier molecular flexibility index (Phi) is 4.57. The van der Waals surface area contributed by atoms with Crippen LogP contribution in [0.3, 0.4) is 0 Å². The zero-order valence-electron chi connectivity index (χ0n) is 14.1. The molecule has 0 radical (unpaired) electrons. The van der Waals surface area contributed by atoms with Crippen LogP contribution in [0.25, 0.3) is 5.82 Å². The van der Waals surface area contributed by atoms with Crippen LogP contribution in [0.4, 0.5) is 0 Å². The van der Waals surface area contributed by atoms with Gasteiger partial charge in [-0.3, -0.25) is 4.79 Å². The third-order valence-corrected chi connectivity index (χ3v) is 5.04. The Morgan fingerprint density at radius 3 is 2.69 bits per heavy atom. The second-order valence-electron chi connectivity index (χ2n) is 5.98. The lowest BCUT2D eigenvalue weighted by Gasteiger charge is -2.31. The molecule has 3 aromatic rings. The highest BCUT2D eigenvalue weighted by atomic mass is 32.1. The standard InChI is InChI=1S/C16H17N7O2S/c1-11-15(26-21-18-11)16(24)22-9-5-12(6-10-22)25-14-4-3-13(19-20-14)23-8-2-7-17-23/h2-4,7-8,12H,5-6,9-10H2,1H3. The molecule has 0 spiro atoms. The first-order chi connectivity index (χ1) is 12.7. The molecule has 1 aliphatic heterocycles. The summed E-state index contributed by atoms with van der Waals surface area (Å²) in [7, 11) is 0. The molecule has 4 heterocycles. The minimum absolute atomic E-state index is 0.000632. The second-order valence-corrected chi connectivity index (χ2v) is 6.73. The normalized spacial score (nSPS) is 15.2. The van der Waals surface area contributed by atoms with Crippen LogP contribution in [-0.2, 0) is 0 Å². The van der Waals surface area contributed by atoms with Crippen LogP contribution in [0.1, 0.15) is 28.2 Å². The summed E-state index contributed by atoms with van der Waals surface area (Å²) in [6.45, 7) is 3.08. The quantitative estimate of drug-likeness (QED) is 0.685. The Morgan fingerprint density at radius 1 is 1.23 bits per heavy atom. The average Bonchev–Trinajstić information content (AvgIpc) is 3.34. The molecule has 134 valence electrons. The van der Waals surface area contributed by atoms with E-state index in [1.807, 2.05) is 17.0 Å². The van der Waals surface area contributed by atoms with Crippen molar-refractivity contribution in [3.8, 4) is 11.7 Å². The van der Waals surface area contributed by atoms with Crippen LogP contribution in [0.5, 0.6) is 5.88 Å². The lowest BCUT2D eigenvalue weighted by molar-refractivity contribution is 0.0589. The number of carbonyl (C=O) groups is 1. The smallest absolute Gasteiger partial charge is 0.267 e. The van der Waals surface area contributed by atoms with Crippen molar-refractivity contribution >= 4 is 17.4 Å². The van der Waals surface area contributed by atoms with Gasteiger partial charge < -0.3 is 9.64 Å². The van der Waals surface area contributed by atoms with Gasteiger partial charge in [-0.05, 0) is 30.6 Å². The van der Waals surface area contributed by atoms with Crippen molar-refractivity contribution in [1.82, 2.24) is 34.5 Å². The van der Waals surface area contributed by atoms with E-state index in [9.17, 15) is 4.79 Å². The minimum atomic E-state index is -0.000632. The third-order valence-electron chi connectivity index (χ3n) is 4.23. The Balaban J connectivity index is 1.32. The maximum Gasteiger partial charge on any atom is 0.267 e. The first-order valence-electron chi connectivity index (χ1n) is 8.29. The molecule has 1 amide bonds. The number of likely N-dealkylation sites (tertiary alicyclic amines) is 1. The molecule has 26 heavy (non-hydrogen) atoms. The number of hydrogen-bond acceptors (Lipinski definition) is 8. The molecule has 0 saturated carbocycles. The summed E-state index contributed by atoms with van der Waals surface area (Å²) >= 11 is 1.15. The second kappa shape index (κ2) is 7.16. The van der Waals surface area contributed by atoms with Crippen molar-refractivity contribution in [2.45, 2.75) is 25.9 Å². The molecule has 0 bridgehead atoms. The largest absolute Gasteiger partial charge is 0.473 e. The Labute approximate surface area is 153 Å². The molecule has 10 heteroatoms. The van der Waals surface area contributed by atoms with Crippen LogP contribution in [-0.4, -0.2) is 59.6 Å². The van der Waals surface area contributed by atoms with E-state index in [0.29, 0.717) is 35.4 Å². The molecule has 0 unspecified atom stereocenters. The number of aryl methyl sites for hydroxylation is 1. The topological polar surface area (TPSA) is 98.9 Å². The summed E-state index contributed by atoms with van der Waals surface area (Å²) in [6.07, 6.45) is 5.01. The van der Waals surface area contributed by atoms with Crippen LogP contribution in [0.15, 0.2) is 30.6 Å². The highest BCUT2D eigenvalue weighted by molar-refractivity contribution is 7.07. The molecule has 0 atom stereocenters. The number of rotatable bonds is 4. The van der Waals surface area contributed by atoms with Crippen molar-refractivity contribution < 1.29 is 9.53 Å². The van der Waals surface area contributed by atoms with Crippen molar-refractivity contribution in [2.75, 3.05) is 13.1 Å². The first kappa shape index (κ1) is 16.6. The molecule has 4 rings (SSSR count). The van der Waals surface area contributed by atoms with Crippen LogP contribution < -0.4 is 4.74 Å². The van der Waals surface area contributed by atoms with Gasteiger partial charge in [-0.25, -0.2) is 4.68 Å². The van der Waals surface area contributed by atoms with E-state index < -0.39 is 0 Å². The maximum absolute atomic E-state index is 12.5. The van der Waals surface area contributed by atoms with Crippen molar-refractivity contribution in [2.24, 2.45) is 0 Å². The fraction of sp³-hybridized carbons (Fsp3) is 0.375. The highest BCUT2D eigenvalue weighted by Gasteiger charge is 2.27. The molecule has 3 aromatic heterocycles. The minimum Gasteiger partial charge on any atom is -0.473 e. The molecule has 0 aliphatic carbocycles. The fourth-order valence-electron chi connectivity index (χ4n) is 2.82. The van der Waals surface area contributed by atoms with E-state index in [1.54, 1.807) is 30.1 Å². The number of ether oxygens (including phenoxy) is 1. The highest BCUT2D eigenvalue weighted by Crippen LogP contribution is 2.20. The molecule has 1 saturated heterocycles. The van der Waals surface area contributed by atoms with Gasteiger partial charge in [0, 0.05) is 44.4 Å². The zero-order chi connectivity index (χ0) is 17.9. The summed E-state index contributed by atoms with van der Waals surface area (Å²) in [4.78, 5) is 14.9. The average molecular weight is 371 g/mol. The fourth-order valence-corrected chi connectivity index (χ4v) is 3.45. The predicted octanol–water partition coefficient (Wildman–Crippen LogP) is 1.51. The van der Waals surface area contributed by atoms with Gasteiger partial charge in [-0.2, -0.15) is 5.10 Å². The number of nitrogens with zero attached hydrogens (tertiary/aromatic N) is 7. The number of amides is 1. The van der Waals surface area contributed by atoms with Gasteiger partial charge in [0.2, 0.25) is 5.88 Å². The van der Waals surface area contributed by atoms with E-state index in [0.717, 1.165) is 24.4 Å². The number of hydrogen-bond donors (Lipinski definition) is 0. The van der Waals surface area contributed by atoms with Gasteiger partial charge in [-0.15, -0.1) is 15.3 Å². The number of piperidine rings is 1. The number of carbonyl (C=O) groups excluding carboxylic acids is 1. The van der Waals surface area contributed by atoms with E-state index in [-0.39, 0.29) is 12.0 Å². The lowest BCUT2D eigenvalue weighted by Crippen LogP contribution is -2.41. The van der Waals surface area contributed by atoms with Crippen LogP contribution in [0, 0.1) is 6.92 Å². The SMILES string of the molecule is Cc1nnsc1C(=O)N1CCC(Oc2ccc(-n3cccn3)nn2)CC1. The summed E-state index contributed by atoms with van der Waals surface area (Å²) in [5.74, 6) is 1.11. The molecule has 1 fully saturated rings. The summed E-state index contributed by atoms with van der Waals surface area (Å²) < 4.78 is 11.4. The monoisotopic (exact) mass is 371 g/mol. The van der Waals surface area contributed by atoms with E-state index in [1.165, 1.54) is 0 Å². The van der Waals surface area contributed by atoms with E-state index in [2.05, 4.69) is 24.9 Å². The molecular weight excluding hydrogens is 354 g/mol. The molecule has 9 nitrogen and oxygen atoms in total. The van der Waals surface area contributed by atoms with Gasteiger partial charge >= 0.3 is 0 Å². The Hall–Kier alpha value is -2.88. The summed E-state index contributed by atoms with van der Waals surface area (Å²) in [5, 5.41) is 16.2. The third kappa shape index (κ3) is 3.40.